The number of hydrogen-bond donors (Lipinski definition) is 0. The lowest BCUT2D eigenvalue weighted by Crippen LogP contribution is -1.93. The summed E-state index contributed by atoms with van der Waals surface area (Å²) >= 11 is 1.89. The first-order valence-corrected chi connectivity index (χ1v) is 17.6. The van der Waals surface area contributed by atoms with Crippen molar-refractivity contribution < 1.29 is 0 Å². The molecule has 8 aromatic carbocycles. The molecule has 0 fully saturated rings. The number of para-hydroxylation sites is 3. The van der Waals surface area contributed by atoms with Crippen LogP contribution in [0.25, 0.3) is 96.9 Å². The molecule has 0 bridgehead atoms. The van der Waals surface area contributed by atoms with Crippen LogP contribution in [0.4, 0.5) is 0 Å². The van der Waals surface area contributed by atoms with Gasteiger partial charge in [0, 0.05) is 53.9 Å². The van der Waals surface area contributed by atoms with Crippen molar-refractivity contribution in [3.8, 4) is 22.5 Å². The highest BCUT2D eigenvalue weighted by Gasteiger charge is 2.17. The van der Waals surface area contributed by atoms with E-state index in [0.29, 0.717) is 0 Å². The van der Waals surface area contributed by atoms with Crippen molar-refractivity contribution in [2.75, 3.05) is 0 Å². The molecule has 49 heavy (non-hydrogen) atoms. The van der Waals surface area contributed by atoms with Crippen LogP contribution in [0.2, 0.25) is 0 Å². The smallest absolute Gasteiger partial charge is 0.0541 e. The third-order valence-electron chi connectivity index (χ3n) is 10.3. The molecule has 0 radical (unpaired) electrons. The fourth-order valence-electron chi connectivity index (χ4n) is 8.05. The second kappa shape index (κ2) is 10.2. The number of aromatic nitrogens is 2. The first-order valence-electron chi connectivity index (χ1n) is 16.8. The lowest BCUT2D eigenvalue weighted by Gasteiger charge is -2.14. The molecule has 0 saturated heterocycles. The zero-order chi connectivity index (χ0) is 32.1. The van der Waals surface area contributed by atoms with Gasteiger partial charge >= 0.3 is 0 Å². The summed E-state index contributed by atoms with van der Waals surface area (Å²) in [4.78, 5) is 0. The molecule has 0 aliphatic rings. The van der Waals surface area contributed by atoms with E-state index in [2.05, 4.69) is 179 Å². The zero-order valence-electron chi connectivity index (χ0n) is 26.5. The Labute approximate surface area is 286 Å². The highest BCUT2D eigenvalue weighted by atomic mass is 32.1. The fourth-order valence-corrected chi connectivity index (χ4v) is 9.18. The summed E-state index contributed by atoms with van der Waals surface area (Å²) in [5, 5.41) is 11.6. The van der Waals surface area contributed by atoms with Gasteiger partial charge in [0.25, 0.3) is 0 Å². The maximum absolute atomic E-state index is 2.45. The van der Waals surface area contributed by atoms with E-state index >= 15 is 0 Å². The average Bonchev–Trinajstić information content (AvgIpc) is 3.84. The quantitative estimate of drug-likeness (QED) is 0.170. The Morgan fingerprint density at radius 2 is 1.10 bits per heavy atom. The van der Waals surface area contributed by atoms with E-state index in [-0.39, 0.29) is 0 Å². The first kappa shape index (κ1) is 26.9. The van der Waals surface area contributed by atoms with Crippen LogP contribution in [-0.2, 0) is 0 Å². The molecule has 3 heterocycles. The van der Waals surface area contributed by atoms with Crippen molar-refractivity contribution in [1.82, 2.24) is 9.13 Å². The Morgan fingerprint density at radius 3 is 1.96 bits per heavy atom. The molecule has 0 aliphatic carbocycles. The Kier molecular flexibility index (Phi) is 5.57. The van der Waals surface area contributed by atoms with E-state index in [4.69, 9.17) is 0 Å². The van der Waals surface area contributed by atoms with Crippen molar-refractivity contribution in [1.29, 1.82) is 0 Å². The van der Waals surface area contributed by atoms with Crippen LogP contribution in [0.1, 0.15) is 0 Å². The summed E-state index contributed by atoms with van der Waals surface area (Å²) in [5.41, 5.74) is 8.49. The van der Waals surface area contributed by atoms with Gasteiger partial charge in [-0.05, 0) is 118 Å². The van der Waals surface area contributed by atoms with Crippen LogP contribution in [0.15, 0.2) is 170 Å². The molecule has 2 nitrogen and oxygen atoms in total. The van der Waals surface area contributed by atoms with Gasteiger partial charge in [-0.2, -0.15) is 0 Å². The van der Waals surface area contributed by atoms with E-state index in [9.17, 15) is 0 Å². The number of fused-ring (bicyclic) bond motifs is 10. The molecule has 3 aromatic heterocycles. The summed E-state index contributed by atoms with van der Waals surface area (Å²) in [5.74, 6) is 0. The fraction of sp³-hybridized carbons (Fsp3) is 0. The lowest BCUT2D eigenvalue weighted by molar-refractivity contribution is 1.13. The van der Waals surface area contributed by atoms with E-state index < -0.39 is 0 Å². The molecular formula is C46H28N2S. The molecule has 0 aliphatic heterocycles. The summed E-state index contributed by atoms with van der Waals surface area (Å²) in [7, 11) is 0. The van der Waals surface area contributed by atoms with Crippen LogP contribution in [0.5, 0.6) is 0 Å². The largest absolute Gasteiger partial charge is 0.317 e. The molecule has 11 aromatic rings. The van der Waals surface area contributed by atoms with Gasteiger partial charge in [-0.25, -0.2) is 0 Å². The van der Waals surface area contributed by atoms with Crippen molar-refractivity contribution >= 4 is 85.8 Å². The first-order chi connectivity index (χ1) is 24.3. The molecule has 0 unspecified atom stereocenters. The molecule has 0 amide bonds. The number of thiophene rings is 1. The van der Waals surface area contributed by atoms with Gasteiger partial charge in [-0.1, -0.05) is 78.9 Å². The third-order valence-corrected chi connectivity index (χ3v) is 11.4. The molecule has 0 saturated carbocycles. The second-order valence-corrected chi connectivity index (χ2v) is 14.1. The van der Waals surface area contributed by atoms with Crippen LogP contribution in [0, 0.1) is 0 Å². The summed E-state index contributed by atoms with van der Waals surface area (Å²) < 4.78 is 7.35. The predicted octanol–water partition coefficient (Wildman–Crippen LogP) is 13.1. The third kappa shape index (κ3) is 3.94. The maximum Gasteiger partial charge on any atom is 0.0541 e. The number of rotatable bonds is 3. The van der Waals surface area contributed by atoms with Crippen LogP contribution >= 0.6 is 11.3 Å². The topological polar surface area (TPSA) is 9.86 Å². The highest BCUT2D eigenvalue weighted by Crippen LogP contribution is 2.44. The van der Waals surface area contributed by atoms with Crippen molar-refractivity contribution in [3.05, 3.63) is 170 Å². The molecule has 0 atom stereocenters. The maximum atomic E-state index is 2.45. The van der Waals surface area contributed by atoms with Crippen molar-refractivity contribution in [2.45, 2.75) is 0 Å². The molecule has 11 rings (SSSR count). The number of benzene rings is 8. The number of nitrogens with zero attached hydrogens (tertiary/aromatic N) is 2. The van der Waals surface area contributed by atoms with Crippen molar-refractivity contribution in [3.63, 3.8) is 0 Å². The number of hydrogen-bond acceptors (Lipinski definition) is 1. The Balaban J connectivity index is 1.24. The minimum atomic E-state index is 1.17. The molecule has 228 valence electrons. The van der Waals surface area contributed by atoms with Gasteiger partial charge in [0.05, 0.1) is 16.6 Å². The van der Waals surface area contributed by atoms with E-state index in [1.165, 1.54) is 96.9 Å². The minimum Gasteiger partial charge on any atom is -0.317 e. The van der Waals surface area contributed by atoms with Gasteiger partial charge in [0.15, 0.2) is 0 Å². The van der Waals surface area contributed by atoms with Gasteiger partial charge < -0.3 is 9.13 Å². The Morgan fingerprint density at radius 1 is 0.367 bits per heavy atom. The van der Waals surface area contributed by atoms with E-state index in [1.54, 1.807) is 0 Å². The van der Waals surface area contributed by atoms with E-state index in [0.717, 1.165) is 0 Å². The van der Waals surface area contributed by atoms with E-state index in [1.807, 2.05) is 11.3 Å². The summed E-state index contributed by atoms with van der Waals surface area (Å²) in [6.07, 6.45) is 2.20. The summed E-state index contributed by atoms with van der Waals surface area (Å²) in [6, 6.07) is 60.3. The average molecular weight is 641 g/mol. The normalized spacial score (nSPS) is 12.1. The van der Waals surface area contributed by atoms with Crippen LogP contribution in [-0.4, -0.2) is 9.13 Å². The SMILES string of the molecule is c1ccc(-n2ccc3cc4c(cc(-c5ccc6c(c5)c5ccccc5n6-c5ccccc5)c5cc6c(cc54)sc4ccccc46)cc32)cc1. The summed E-state index contributed by atoms with van der Waals surface area (Å²) in [6.45, 7) is 0. The molecule has 3 heteroatoms. The van der Waals surface area contributed by atoms with Gasteiger partial charge in [-0.3, -0.25) is 0 Å². The van der Waals surface area contributed by atoms with Crippen molar-refractivity contribution in [2.24, 2.45) is 0 Å². The predicted molar refractivity (Wildman–Crippen MR) is 211 cm³/mol. The monoisotopic (exact) mass is 640 g/mol. The highest BCUT2D eigenvalue weighted by molar-refractivity contribution is 7.25. The van der Waals surface area contributed by atoms with Crippen LogP contribution < -0.4 is 0 Å². The second-order valence-electron chi connectivity index (χ2n) is 13.0. The standard InChI is InChI=1S/C46H28N2S/c1-3-11-32(12-4-1)47-22-21-30-24-37-31(26-44(30)47)25-36(38-27-41-35-16-8-10-18-45(35)49-46(41)28-39(37)38)29-19-20-43-40(23-29)34-15-7-9-17-42(34)48(43)33-13-5-2-6-14-33/h1-28H. The minimum absolute atomic E-state index is 1.17. The Hall–Kier alpha value is -6.16. The van der Waals surface area contributed by atoms with Crippen LogP contribution in [0.3, 0.4) is 0 Å². The molecule has 0 N–H and O–H groups in total. The molecule has 0 spiro atoms. The Bertz CT molecular complexity index is 3090. The lowest BCUT2D eigenvalue weighted by atomic mass is 9.91. The van der Waals surface area contributed by atoms with Gasteiger partial charge in [0.2, 0.25) is 0 Å². The van der Waals surface area contributed by atoms with Gasteiger partial charge in [-0.15, -0.1) is 11.3 Å². The molecular weight excluding hydrogens is 613 g/mol. The zero-order valence-corrected chi connectivity index (χ0v) is 27.3. The van der Waals surface area contributed by atoms with Gasteiger partial charge in [0.1, 0.15) is 0 Å².